The number of methoxy groups -OCH3 is 1. The molecule has 110 valence electrons. The summed E-state index contributed by atoms with van der Waals surface area (Å²) in [6.45, 7) is 2.12. The fraction of sp³-hybridized carbons (Fsp3) is 0.500. The molecular formula is C14H18Cl2N2O2. The highest BCUT2D eigenvalue weighted by molar-refractivity contribution is 6.43. The maximum absolute atomic E-state index is 12.5. The van der Waals surface area contributed by atoms with Gasteiger partial charge in [-0.3, -0.25) is 4.79 Å². The van der Waals surface area contributed by atoms with Crippen LogP contribution in [0.1, 0.15) is 23.2 Å². The predicted octanol–water partition coefficient (Wildman–Crippen LogP) is 3.07. The van der Waals surface area contributed by atoms with Crippen LogP contribution < -0.4 is 5.73 Å². The predicted molar refractivity (Wildman–Crippen MR) is 81.4 cm³/mol. The van der Waals surface area contributed by atoms with Crippen molar-refractivity contribution in [3.8, 4) is 0 Å². The third kappa shape index (κ3) is 3.37. The molecule has 1 atom stereocenters. The Bertz CT molecular complexity index is 483. The van der Waals surface area contributed by atoms with E-state index in [0.717, 1.165) is 19.4 Å². The summed E-state index contributed by atoms with van der Waals surface area (Å²) in [5.41, 5.74) is 6.56. The summed E-state index contributed by atoms with van der Waals surface area (Å²) in [6.07, 6.45) is 2.07. The van der Waals surface area contributed by atoms with E-state index in [1.54, 1.807) is 19.2 Å². The normalized spacial score (nSPS) is 19.1. The van der Waals surface area contributed by atoms with Gasteiger partial charge in [0.15, 0.2) is 0 Å². The summed E-state index contributed by atoms with van der Waals surface area (Å²) < 4.78 is 5.17. The van der Waals surface area contributed by atoms with Crippen molar-refractivity contribution in [2.75, 3.05) is 32.5 Å². The monoisotopic (exact) mass is 316 g/mol. The number of halogens is 2. The molecule has 2 rings (SSSR count). The number of hydrogen-bond donors (Lipinski definition) is 1. The molecule has 1 aromatic carbocycles. The van der Waals surface area contributed by atoms with E-state index in [1.165, 1.54) is 0 Å². The van der Waals surface area contributed by atoms with Crippen molar-refractivity contribution in [3.63, 3.8) is 0 Å². The topological polar surface area (TPSA) is 55.6 Å². The Morgan fingerprint density at radius 2 is 2.25 bits per heavy atom. The molecule has 4 nitrogen and oxygen atoms in total. The number of carbonyl (C=O) groups excluding carboxylic acids is 1. The number of benzene rings is 1. The van der Waals surface area contributed by atoms with Gasteiger partial charge in [-0.2, -0.15) is 0 Å². The van der Waals surface area contributed by atoms with Crippen LogP contribution in [0.25, 0.3) is 0 Å². The minimum atomic E-state index is -0.0592. The number of anilines is 1. The Kier molecular flexibility index (Phi) is 5.13. The maximum atomic E-state index is 12.5. The third-order valence-electron chi connectivity index (χ3n) is 3.51. The Hall–Kier alpha value is -0.970. The van der Waals surface area contributed by atoms with Gasteiger partial charge in [-0.05, 0) is 30.9 Å². The average molecular weight is 317 g/mol. The van der Waals surface area contributed by atoms with Crippen LogP contribution >= 0.6 is 23.2 Å². The van der Waals surface area contributed by atoms with Crippen molar-refractivity contribution in [1.82, 2.24) is 4.90 Å². The van der Waals surface area contributed by atoms with E-state index >= 15 is 0 Å². The molecule has 0 aliphatic carbocycles. The van der Waals surface area contributed by atoms with Gasteiger partial charge in [0.05, 0.1) is 22.3 Å². The second-order valence-electron chi connectivity index (χ2n) is 5.08. The molecule has 1 amide bonds. The van der Waals surface area contributed by atoms with Gasteiger partial charge in [-0.25, -0.2) is 0 Å². The molecule has 6 heteroatoms. The van der Waals surface area contributed by atoms with Crippen molar-refractivity contribution >= 4 is 34.8 Å². The summed E-state index contributed by atoms with van der Waals surface area (Å²) >= 11 is 11.9. The molecule has 20 heavy (non-hydrogen) atoms. The molecule has 1 aliphatic heterocycles. The fourth-order valence-corrected chi connectivity index (χ4v) is 2.87. The molecule has 0 saturated carbocycles. The Morgan fingerprint density at radius 1 is 1.50 bits per heavy atom. The van der Waals surface area contributed by atoms with Gasteiger partial charge >= 0.3 is 0 Å². The summed E-state index contributed by atoms with van der Waals surface area (Å²) in [5.74, 6) is 0.328. The molecular weight excluding hydrogens is 299 g/mol. The summed E-state index contributed by atoms with van der Waals surface area (Å²) in [7, 11) is 1.68. The van der Waals surface area contributed by atoms with Crippen LogP contribution in [0.5, 0.6) is 0 Å². The van der Waals surface area contributed by atoms with E-state index in [2.05, 4.69) is 0 Å². The summed E-state index contributed by atoms with van der Waals surface area (Å²) in [5, 5.41) is 0.597. The third-order valence-corrected chi connectivity index (χ3v) is 4.33. The first kappa shape index (κ1) is 15.4. The number of amides is 1. The number of piperidine rings is 1. The van der Waals surface area contributed by atoms with Gasteiger partial charge < -0.3 is 15.4 Å². The zero-order valence-corrected chi connectivity index (χ0v) is 12.9. The van der Waals surface area contributed by atoms with E-state index in [0.29, 0.717) is 40.4 Å². The lowest BCUT2D eigenvalue weighted by Crippen LogP contribution is -2.41. The first-order chi connectivity index (χ1) is 9.52. The van der Waals surface area contributed by atoms with Crippen molar-refractivity contribution in [1.29, 1.82) is 0 Å². The maximum Gasteiger partial charge on any atom is 0.253 e. The Morgan fingerprint density at radius 3 is 2.90 bits per heavy atom. The van der Waals surface area contributed by atoms with E-state index in [9.17, 15) is 4.79 Å². The molecule has 0 radical (unpaired) electrons. The number of carbonyl (C=O) groups is 1. The smallest absolute Gasteiger partial charge is 0.253 e. The van der Waals surface area contributed by atoms with Crippen molar-refractivity contribution in [2.45, 2.75) is 12.8 Å². The first-order valence-electron chi connectivity index (χ1n) is 6.55. The van der Waals surface area contributed by atoms with E-state index < -0.39 is 0 Å². The lowest BCUT2D eigenvalue weighted by Gasteiger charge is -2.32. The minimum Gasteiger partial charge on any atom is -0.397 e. The Labute approximate surface area is 128 Å². The van der Waals surface area contributed by atoms with Gasteiger partial charge in [0.25, 0.3) is 5.91 Å². The zero-order valence-electron chi connectivity index (χ0n) is 11.4. The standard InChI is InChI=1S/C14H18Cl2N2O2/c1-20-8-9-3-2-4-18(7-9)14(19)10-5-11(15)13(16)12(17)6-10/h5-6,9H,2-4,7-8,17H2,1H3. The number of likely N-dealkylation sites (tertiary alicyclic amines) is 1. The Balaban J connectivity index is 2.14. The zero-order chi connectivity index (χ0) is 14.7. The summed E-state index contributed by atoms with van der Waals surface area (Å²) in [4.78, 5) is 14.3. The molecule has 2 N–H and O–H groups in total. The van der Waals surface area contributed by atoms with E-state index in [-0.39, 0.29) is 5.91 Å². The molecule has 1 heterocycles. The molecule has 0 bridgehead atoms. The molecule has 1 saturated heterocycles. The number of ether oxygens (including phenoxy) is 1. The van der Waals surface area contributed by atoms with Crippen LogP contribution in [0.2, 0.25) is 10.0 Å². The average Bonchev–Trinajstić information content (AvgIpc) is 2.44. The van der Waals surface area contributed by atoms with Crippen molar-refractivity contribution < 1.29 is 9.53 Å². The minimum absolute atomic E-state index is 0.0592. The summed E-state index contributed by atoms with van der Waals surface area (Å²) in [6, 6.07) is 3.15. The number of rotatable bonds is 3. The van der Waals surface area contributed by atoms with Gasteiger partial charge in [-0.1, -0.05) is 23.2 Å². The van der Waals surface area contributed by atoms with Crippen LogP contribution in [0.15, 0.2) is 12.1 Å². The highest BCUT2D eigenvalue weighted by Gasteiger charge is 2.25. The highest BCUT2D eigenvalue weighted by atomic mass is 35.5. The van der Waals surface area contributed by atoms with Crippen LogP contribution in [0.4, 0.5) is 5.69 Å². The highest BCUT2D eigenvalue weighted by Crippen LogP contribution is 2.30. The van der Waals surface area contributed by atoms with Gasteiger partial charge in [0.2, 0.25) is 0 Å². The molecule has 1 unspecified atom stereocenters. The van der Waals surface area contributed by atoms with E-state index in [4.69, 9.17) is 33.7 Å². The van der Waals surface area contributed by atoms with Crippen molar-refractivity contribution in [3.05, 3.63) is 27.7 Å². The number of nitrogen functional groups attached to an aromatic ring is 1. The van der Waals surface area contributed by atoms with E-state index in [1.807, 2.05) is 4.90 Å². The lowest BCUT2D eigenvalue weighted by atomic mass is 9.98. The lowest BCUT2D eigenvalue weighted by molar-refractivity contribution is 0.0571. The first-order valence-corrected chi connectivity index (χ1v) is 7.31. The largest absolute Gasteiger partial charge is 0.397 e. The number of hydrogen-bond acceptors (Lipinski definition) is 3. The molecule has 1 fully saturated rings. The van der Waals surface area contributed by atoms with Gasteiger partial charge in [-0.15, -0.1) is 0 Å². The molecule has 1 aliphatic rings. The van der Waals surface area contributed by atoms with Gasteiger partial charge in [0, 0.05) is 25.8 Å². The quantitative estimate of drug-likeness (QED) is 0.872. The second-order valence-corrected chi connectivity index (χ2v) is 5.86. The number of nitrogens with zero attached hydrogens (tertiary/aromatic N) is 1. The van der Waals surface area contributed by atoms with Crippen LogP contribution in [-0.2, 0) is 4.74 Å². The number of nitrogens with two attached hydrogens (primary N) is 1. The fourth-order valence-electron chi connectivity index (χ4n) is 2.54. The van der Waals surface area contributed by atoms with Crippen LogP contribution in [0.3, 0.4) is 0 Å². The van der Waals surface area contributed by atoms with Crippen LogP contribution in [0, 0.1) is 5.92 Å². The SMILES string of the molecule is COCC1CCCN(C(=O)c2cc(N)c(Cl)c(Cl)c2)C1. The second kappa shape index (κ2) is 6.66. The van der Waals surface area contributed by atoms with Crippen molar-refractivity contribution in [2.24, 2.45) is 5.92 Å². The van der Waals surface area contributed by atoms with Gasteiger partial charge in [0.1, 0.15) is 0 Å². The molecule has 1 aromatic rings. The molecule has 0 spiro atoms. The van der Waals surface area contributed by atoms with Crippen LogP contribution in [-0.4, -0.2) is 37.6 Å². The molecule has 0 aromatic heterocycles.